The number of benzene rings is 1. The van der Waals surface area contributed by atoms with Gasteiger partial charge in [-0.15, -0.1) is 0 Å². The minimum absolute atomic E-state index is 0.0646. The van der Waals surface area contributed by atoms with Crippen molar-refractivity contribution < 1.29 is 18.0 Å². The molecule has 3 rings (SSSR count). The van der Waals surface area contributed by atoms with Gasteiger partial charge in [-0.25, -0.2) is 0 Å². The molecular formula is C19H23F3N4O. The lowest BCUT2D eigenvalue weighted by atomic mass is 10.2. The van der Waals surface area contributed by atoms with Crippen LogP contribution in [0.5, 0.6) is 0 Å². The van der Waals surface area contributed by atoms with E-state index in [2.05, 4.69) is 29.2 Å². The number of nitrogens with zero attached hydrogens (tertiary/aromatic N) is 3. The standard InChI is InChI=1S/C19H23F3N4O/c1-3-25(4-2)15-9-7-14(8-10-15)23-18(27)12-26-16(13-5-6-13)11-17(24-26)19(20,21)22/h7-11,13H,3-6,12H2,1-2H3,(H,23,27). The Hall–Kier alpha value is -2.51. The molecule has 1 aromatic carbocycles. The molecule has 1 saturated carbocycles. The summed E-state index contributed by atoms with van der Waals surface area (Å²) in [5, 5.41) is 6.34. The summed E-state index contributed by atoms with van der Waals surface area (Å²) >= 11 is 0. The Morgan fingerprint density at radius 3 is 2.37 bits per heavy atom. The lowest BCUT2D eigenvalue weighted by Crippen LogP contribution is -2.22. The average molecular weight is 380 g/mol. The molecule has 1 fully saturated rings. The van der Waals surface area contributed by atoms with Gasteiger partial charge in [-0.2, -0.15) is 18.3 Å². The molecule has 1 aliphatic carbocycles. The lowest BCUT2D eigenvalue weighted by molar-refractivity contribution is -0.141. The van der Waals surface area contributed by atoms with Crippen molar-refractivity contribution in [3.8, 4) is 0 Å². The number of anilines is 2. The van der Waals surface area contributed by atoms with Crippen LogP contribution in [-0.2, 0) is 17.5 Å². The Morgan fingerprint density at radius 2 is 1.85 bits per heavy atom. The zero-order chi connectivity index (χ0) is 19.6. The van der Waals surface area contributed by atoms with Crippen molar-refractivity contribution >= 4 is 17.3 Å². The van der Waals surface area contributed by atoms with Gasteiger partial charge in [-0.1, -0.05) is 0 Å². The Balaban J connectivity index is 1.68. The van der Waals surface area contributed by atoms with Gasteiger partial charge in [0.05, 0.1) is 0 Å². The number of carbonyl (C=O) groups excluding carboxylic acids is 1. The third kappa shape index (κ3) is 4.61. The summed E-state index contributed by atoms with van der Waals surface area (Å²) in [5.41, 5.74) is 1.19. The number of rotatable bonds is 7. The van der Waals surface area contributed by atoms with Crippen molar-refractivity contribution in [2.45, 2.75) is 45.3 Å². The van der Waals surface area contributed by atoms with Crippen LogP contribution in [-0.4, -0.2) is 28.8 Å². The van der Waals surface area contributed by atoms with Gasteiger partial charge in [0.25, 0.3) is 0 Å². The highest BCUT2D eigenvalue weighted by molar-refractivity contribution is 5.90. The zero-order valence-corrected chi connectivity index (χ0v) is 15.4. The van der Waals surface area contributed by atoms with Crippen LogP contribution in [0.25, 0.3) is 0 Å². The van der Waals surface area contributed by atoms with Crippen LogP contribution in [0.15, 0.2) is 30.3 Å². The largest absolute Gasteiger partial charge is 0.435 e. The van der Waals surface area contributed by atoms with Gasteiger partial charge in [0.1, 0.15) is 6.54 Å². The van der Waals surface area contributed by atoms with Gasteiger partial charge in [0, 0.05) is 36.1 Å². The Bertz CT molecular complexity index is 790. The van der Waals surface area contributed by atoms with E-state index in [1.54, 1.807) is 12.1 Å². The van der Waals surface area contributed by atoms with E-state index in [0.717, 1.165) is 37.7 Å². The van der Waals surface area contributed by atoms with E-state index in [1.807, 2.05) is 12.1 Å². The molecule has 0 saturated heterocycles. The van der Waals surface area contributed by atoms with Gasteiger partial charge >= 0.3 is 6.18 Å². The lowest BCUT2D eigenvalue weighted by Gasteiger charge is -2.21. The maximum Gasteiger partial charge on any atom is 0.435 e. The first-order chi connectivity index (χ1) is 12.8. The molecule has 0 radical (unpaired) electrons. The number of hydrogen-bond acceptors (Lipinski definition) is 3. The first-order valence-electron chi connectivity index (χ1n) is 9.11. The summed E-state index contributed by atoms with van der Waals surface area (Å²) in [6, 6.07) is 8.46. The molecule has 0 bridgehead atoms. The molecule has 2 aromatic rings. The Kier molecular flexibility index (Phi) is 5.43. The number of alkyl halides is 3. The van der Waals surface area contributed by atoms with Crippen molar-refractivity contribution in [2.75, 3.05) is 23.3 Å². The van der Waals surface area contributed by atoms with Crippen LogP contribution in [0, 0.1) is 0 Å². The Morgan fingerprint density at radius 1 is 1.22 bits per heavy atom. The van der Waals surface area contributed by atoms with Gasteiger partial charge in [-0.05, 0) is 57.0 Å². The summed E-state index contributed by atoms with van der Waals surface area (Å²) in [7, 11) is 0. The zero-order valence-electron chi connectivity index (χ0n) is 15.4. The number of hydrogen-bond donors (Lipinski definition) is 1. The number of amides is 1. The highest BCUT2D eigenvalue weighted by Gasteiger charge is 2.38. The summed E-state index contributed by atoms with van der Waals surface area (Å²) in [6.45, 7) is 5.66. The minimum Gasteiger partial charge on any atom is -0.372 e. The van der Waals surface area contributed by atoms with Gasteiger partial charge in [0.2, 0.25) is 5.91 Å². The number of nitrogens with one attached hydrogen (secondary N) is 1. The summed E-state index contributed by atoms with van der Waals surface area (Å²) in [4.78, 5) is 14.5. The minimum atomic E-state index is -4.51. The molecule has 0 unspecified atom stereocenters. The van der Waals surface area contributed by atoms with Crippen LogP contribution in [0.1, 0.15) is 44.0 Å². The van der Waals surface area contributed by atoms with Crippen molar-refractivity contribution in [1.82, 2.24) is 9.78 Å². The molecule has 1 aromatic heterocycles. The first kappa shape index (κ1) is 19.3. The second-order valence-corrected chi connectivity index (χ2v) is 6.65. The van der Waals surface area contributed by atoms with Crippen LogP contribution in [0.3, 0.4) is 0 Å². The fourth-order valence-corrected chi connectivity index (χ4v) is 3.08. The number of halogens is 3. The SMILES string of the molecule is CCN(CC)c1ccc(NC(=O)Cn2nc(C(F)(F)F)cc2C2CC2)cc1. The molecule has 5 nitrogen and oxygen atoms in total. The smallest absolute Gasteiger partial charge is 0.372 e. The molecule has 1 heterocycles. The van der Waals surface area contributed by atoms with Crippen molar-refractivity contribution in [2.24, 2.45) is 0 Å². The molecule has 146 valence electrons. The van der Waals surface area contributed by atoms with Crippen molar-refractivity contribution in [3.05, 3.63) is 41.7 Å². The van der Waals surface area contributed by atoms with Crippen LogP contribution >= 0.6 is 0 Å². The van der Waals surface area contributed by atoms with E-state index >= 15 is 0 Å². The normalized spacial score (nSPS) is 14.3. The number of aromatic nitrogens is 2. The predicted octanol–water partition coefficient (Wildman–Crippen LogP) is 4.26. The molecule has 1 N–H and O–H groups in total. The molecular weight excluding hydrogens is 357 g/mol. The fraction of sp³-hybridized carbons (Fsp3) is 0.474. The third-order valence-corrected chi connectivity index (χ3v) is 4.67. The topological polar surface area (TPSA) is 50.2 Å². The molecule has 8 heteroatoms. The van der Waals surface area contributed by atoms with Crippen LogP contribution < -0.4 is 10.2 Å². The molecule has 0 spiro atoms. The molecule has 1 amide bonds. The average Bonchev–Trinajstić information content (AvgIpc) is 3.37. The number of carbonyl (C=O) groups is 1. The molecule has 1 aliphatic rings. The quantitative estimate of drug-likeness (QED) is 0.781. The summed E-state index contributed by atoms with van der Waals surface area (Å²) in [6.07, 6.45) is -2.85. The maximum absolute atomic E-state index is 12.9. The molecule has 0 atom stereocenters. The predicted molar refractivity (Wildman–Crippen MR) is 97.8 cm³/mol. The van der Waals surface area contributed by atoms with Gasteiger partial charge < -0.3 is 10.2 Å². The van der Waals surface area contributed by atoms with E-state index in [0.29, 0.717) is 11.4 Å². The van der Waals surface area contributed by atoms with Gasteiger partial charge in [0.15, 0.2) is 5.69 Å². The van der Waals surface area contributed by atoms with E-state index in [-0.39, 0.29) is 12.5 Å². The Labute approximate surface area is 156 Å². The summed E-state index contributed by atoms with van der Waals surface area (Å²) < 4.78 is 40.0. The second-order valence-electron chi connectivity index (χ2n) is 6.65. The molecule has 0 aliphatic heterocycles. The van der Waals surface area contributed by atoms with Crippen LogP contribution in [0.2, 0.25) is 0 Å². The maximum atomic E-state index is 12.9. The van der Waals surface area contributed by atoms with E-state index in [1.165, 1.54) is 4.68 Å². The first-order valence-corrected chi connectivity index (χ1v) is 9.11. The van der Waals surface area contributed by atoms with E-state index in [4.69, 9.17) is 0 Å². The van der Waals surface area contributed by atoms with Crippen molar-refractivity contribution in [3.63, 3.8) is 0 Å². The fourth-order valence-electron chi connectivity index (χ4n) is 3.08. The monoisotopic (exact) mass is 380 g/mol. The third-order valence-electron chi connectivity index (χ3n) is 4.67. The van der Waals surface area contributed by atoms with Gasteiger partial charge in [-0.3, -0.25) is 9.48 Å². The second kappa shape index (κ2) is 7.62. The van der Waals surface area contributed by atoms with E-state index < -0.39 is 17.8 Å². The highest BCUT2D eigenvalue weighted by Crippen LogP contribution is 2.42. The van der Waals surface area contributed by atoms with Crippen molar-refractivity contribution in [1.29, 1.82) is 0 Å². The highest BCUT2D eigenvalue weighted by atomic mass is 19.4. The van der Waals surface area contributed by atoms with E-state index in [9.17, 15) is 18.0 Å². The molecule has 27 heavy (non-hydrogen) atoms. The summed E-state index contributed by atoms with van der Waals surface area (Å²) in [5.74, 6) is -0.334. The van der Waals surface area contributed by atoms with Crippen LogP contribution in [0.4, 0.5) is 24.5 Å².